The Morgan fingerprint density at radius 2 is 1.00 bits per heavy atom. The van der Waals surface area contributed by atoms with E-state index in [1.165, 1.54) is 122 Å². The van der Waals surface area contributed by atoms with E-state index in [9.17, 15) is 30.3 Å². The van der Waals surface area contributed by atoms with Crippen LogP contribution in [0.4, 0.5) is 0 Å². The number of carbonyl (C=O) groups excluding carboxylic acids is 1. The smallest absolute Gasteiger partial charge is 0.220 e. The molecule has 0 radical (unpaired) electrons. The van der Waals surface area contributed by atoms with Crippen LogP contribution in [0.3, 0.4) is 0 Å². The van der Waals surface area contributed by atoms with Gasteiger partial charge in [-0.2, -0.15) is 0 Å². The molecule has 1 aliphatic heterocycles. The summed E-state index contributed by atoms with van der Waals surface area (Å²) in [7, 11) is 0. The maximum atomic E-state index is 13.0. The highest BCUT2D eigenvalue weighted by molar-refractivity contribution is 5.76. The van der Waals surface area contributed by atoms with E-state index in [0.717, 1.165) is 64.2 Å². The monoisotopic (exact) mass is 886 g/mol. The van der Waals surface area contributed by atoms with Gasteiger partial charge in [0.25, 0.3) is 0 Å². The molecule has 1 aliphatic rings. The van der Waals surface area contributed by atoms with Crippen LogP contribution in [0.5, 0.6) is 0 Å². The predicted octanol–water partition coefficient (Wildman–Crippen LogP) is 11.7. The second kappa shape index (κ2) is 43.5. The van der Waals surface area contributed by atoms with Crippen LogP contribution in [0.15, 0.2) is 72.9 Å². The highest BCUT2D eigenvalue weighted by Crippen LogP contribution is 2.23. The largest absolute Gasteiger partial charge is 0.394 e. The fourth-order valence-corrected chi connectivity index (χ4v) is 7.69. The molecule has 6 N–H and O–H groups in total. The number of nitrogens with one attached hydrogen (secondary N) is 1. The van der Waals surface area contributed by atoms with Gasteiger partial charge in [0, 0.05) is 6.42 Å². The number of carbonyl (C=O) groups is 1. The number of rotatable bonds is 42. The number of amides is 1. The lowest BCUT2D eigenvalue weighted by Gasteiger charge is -2.40. The number of allylic oxidation sites excluding steroid dienone is 11. The lowest BCUT2D eigenvalue weighted by Crippen LogP contribution is -2.60. The van der Waals surface area contributed by atoms with Gasteiger partial charge in [-0.1, -0.05) is 202 Å². The molecule has 7 unspecified atom stereocenters. The van der Waals surface area contributed by atoms with Crippen LogP contribution < -0.4 is 5.32 Å². The Morgan fingerprint density at radius 1 is 0.556 bits per heavy atom. The van der Waals surface area contributed by atoms with Crippen molar-refractivity contribution >= 4 is 5.91 Å². The summed E-state index contributed by atoms with van der Waals surface area (Å²) in [4.78, 5) is 13.0. The van der Waals surface area contributed by atoms with Crippen LogP contribution in [0.25, 0.3) is 0 Å². The molecule has 1 heterocycles. The van der Waals surface area contributed by atoms with Gasteiger partial charge >= 0.3 is 0 Å². The molecule has 0 aromatic carbocycles. The van der Waals surface area contributed by atoms with Gasteiger partial charge in [-0.3, -0.25) is 4.79 Å². The van der Waals surface area contributed by atoms with Crippen molar-refractivity contribution in [3.63, 3.8) is 0 Å². The van der Waals surface area contributed by atoms with Gasteiger partial charge in [-0.15, -0.1) is 0 Å². The van der Waals surface area contributed by atoms with E-state index in [4.69, 9.17) is 9.47 Å². The van der Waals surface area contributed by atoms with Gasteiger partial charge in [0.05, 0.1) is 25.4 Å². The van der Waals surface area contributed by atoms with Gasteiger partial charge in [-0.25, -0.2) is 0 Å². The summed E-state index contributed by atoms with van der Waals surface area (Å²) in [5, 5.41) is 54.2. The van der Waals surface area contributed by atoms with Gasteiger partial charge in [0.2, 0.25) is 5.91 Å². The summed E-state index contributed by atoms with van der Waals surface area (Å²) < 4.78 is 11.2. The average Bonchev–Trinajstić information content (AvgIpc) is 3.28. The van der Waals surface area contributed by atoms with Gasteiger partial charge in [0.1, 0.15) is 24.4 Å². The zero-order chi connectivity index (χ0) is 45.9. The van der Waals surface area contributed by atoms with Crippen molar-refractivity contribution in [2.75, 3.05) is 13.2 Å². The van der Waals surface area contributed by atoms with E-state index in [1.807, 2.05) is 6.08 Å². The third-order valence-electron chi connectivity index (χ3n) is 11.8. The first-order valence-corrected chi connectivity index (χ1v) is 25.7. The summed E-state index contributed by atoms with van der Waals surface area (Å²) in [6.45, 7) is 3.63. The number of ether oxygens (including phenoxy) is 2. The highest BCUT2D eigenvalue weighted by atomic mass is 16.7. The van der Waals surface area contributed by atoms with E-state index < -0.39 is 49.5 Å². The lowest BCUT2D eigenvalue weighted by molar-refractivity contribution is -0.302. The number of aliphatic hydroxyl groups excluding tert-OH is 5. The SMILES string of the molecule is CC/C=C\C/C=C\C/C=C\C/C=C\CCCCCCCCCCCCCCCCC(=O)NC(COC1OC(CO)C(O)C(O)C1O)C(O)/C=C/CC/C=C/CCCCCCCCC. The summed E-state index contributed by atoms with van der Waals surface area (Å²) in [6.07, 6.45) is 52.4. The number of hydrogen-bond acceptors (Lipinski definition) is 8. The molecule has 0 spiro atoms. The molecule has 0 saturated carbocycles. The first-order valence-electron chi connectivity index (χ1n) is 25.7. The van der Waals surface area contributed by atoms with Crippen LogP contribution in [0, 0.1) is 0 Å². The van der Waals surface area contributed by atoms with E-state index in [-0.39, 0.29) is 12.5 Å². The predicted molar refractivity (Wildman–Crippen MR) is 262 cm³/mol. The van der Waals surface area contributed by atoms with Crippen LogP contribution >= 0.6 is 0 Å². The molecule has 9 heteroatoms. The average molecular weight is 886 g/mol. The van der Waals surface area contributed by atoms with Crippen molar-refractivity contribution in [2.45, 2.75) is 249 Å². The van der Waals surface area contributed by atoms with E-state index in [2.05, 4.69) is 79.9 Å². The van der Waals surface area contributed by atoms with E-state index >= 15 is 0 Å². The molecule has 364 valence electrons. The first kappa shape index (κ1) is 58.6. The zero-order valence-corrected chi connectivity index (χ0v) is 40.1. The Labute approximate surface area is 385 Å². The summed E-state index contributed by atoms with van der Waals surface area (Å²) in [6, 6.07) is -0.824. The normalized spacial score (nSPS) is 20.8. The molecule has 0 bridgehead atoms. The lowest BCUT2D eigenvalue weighted by atomic mass is 9.99. The molecule has 1 rings (SSSR count). The van der Waals surface area contributed by atoms with Crippen LogP contribution in [0.1, 0.15) is 206 Å². The Morgan fingerprint density at radius 3 is 1.52 bits per heavy atom. The van der Waals surface area contributed by atoms with Crippen molar-refractivity contribution in [3.05, 3.63) is 72.9 Å². The second-order valence-electron chi connectivity index (χ2n) is 17.6. The molecular formula is C54H95NO8. The van der Waals surface area contributed by atoms with Crippen LogP contribution in [-0.4, -0.2) is 87.5 Å². The Balaban J connectivity index is 2.23. The molecule has 0 aromatic rings. The van der Waals surface area contributed by atoms with Crippen molar-refractivity contribution in [2.24, 2.45) is 0 Å². The minimum atomic E-state index is -1.57. The minimum absolute atomic E-state index is 0.191. The molecule has 0 aromatic heterocycles. The number of aliphatic hydroxyl groups is 5. The first-order chi connectivity index (χ1) is 30.8. The summed E-state index contributed by atoms with van der Waals surface area (Å²) >= 11 is 0. The Bertz CT molecular complexity index is 1210. The summed E-state index contributed by atoms with van der Waals surface area (Å²) in [5.41, 5.74) is 0. The number of unbranched alkanes of at least 4 members (excludes halogenated alkanes) is 22. The third-order valence-corrected chi connectivity index (χ3v) is 11.8. The van der Waals surface area contributed by atoms with Crippen molar-refractivity contribution in [1.82, 2.24) is 5.32 Å². The van der Waals surface area contributed by atoms with E-state index in [0.29, 0.717) is 6.42 Å². The topological polar surface area (TPSA) is 149 Å². The van der Waals surface area contributed by atoms with Gasteiger partial charge < -0.3 is 40.3 Å². The van der Waals surface area contributed by atoms with E-state index in [1.54, 1.807) is 6.08 Å². The minimum Gasteiger partial charge on any atom is -0.394 e. The highest BCUT2D eigenvalue weighted by Gasteiger charge is 2.44. The molecule has 0 aliphatic carbocycles. The molecular weight excluding hydrogens is 791 g/mol. The van der Waals surface area contributed by atoms with Crippen molar-refractivity contribution in [1.29, 1.82) is 0 Å². The maximum absolute atomic E-state index is 13.0. The molecule has 1 fully saturated rings. The molecule has 1 saturated heterocycles. The van der Waals surface area contributed by atoms with Gasteiger partial charge in [-0.05, 0) is 70.6 Å². The molecule has 1 amide bonds. The standard InChI is InChI=1S/C54H95NO8/c1-3-5-7-9-11-13-15-17-18-19-20-21-22-23-24-25-26-27-28-29-30-32-34-36-38-40-42-44-50(58)55-47(46-62-54-53(61)52(60)51(59)49(45-56)63-54)48(57)43-41-39-37-35-33-31-16-14-12-10-8-6-4-2/h5,7,11,13,17-18,20-21,33,35,41,43,47-49,51-54,56-57,59-61H,3-4,6,8-10,12,14-16,19,22-32,34,36-40,42,44-46H2,1-2H3,(H,55,58)/b7-5-,13-11-,18-17-,21-20-,35-33+,43-41+. The van der Waals surface area contributed by atoms with Crippen molar-refractivity contribution < 1.29 is 39.8 Å². The molecule has 63 heavy (non-hydrogen) atoms. The van der Waals surface area contributed by atoms with Crippen LogP contribution in [0.2, 0.25) is 0 Å². The van der Waals surface area contributed by atoms with Crippen molar-refractivity contribution in [3.8, 4) is 0 Å². The fraction of sp³-hybridized carbons (Fsp3) is 0.759. The zero-order valence-electron chi connectivity index (χ0n) is 40.1. The number of hydrogen-bond donors (Lipinski definition) is 6. The Kier molecular flexibility index (Phi) is 40.5. The van der Waals surface area contributed by atoms with Crippen LogP contribution in [-0.2, 0) is 14.3 Å². The quantitative estimate of drug-likeness (QED) is 0.0262. The van der Waals surface area contributed by atoms with Gasteiger partial charge in [0.15, 0.2) is 6.29 Å². The molecule has 9 nitrogen and oxygen atoms in total. The maximum Gasteiger partial charge on any atom is 0.220 e. The fourth-order valence-electron chi connectivity index (χ4n) is 7.69. The Hall–Kier alpha value is -2.37. The third kappa shape index (κ3) is 33.7. The molecule has 7 atom stereocenters. The second-order valence-corrected chi connectivity index (χ2v) is 17.6. The summed E-state index contributed by atoms with van der Waals surface area (Å²) in [5.74, 6) is -0.191.